The van der Waals surface area contributed by atoms with Crippen molar-refractivity contribution in [2.45, 2.75) is 50.2 Å². The molecule has 6 atom stereocenters. The SMILES string of the molecule is CCC(=O)O[C@H]1[C@@H](O)[C@H](c2ccc3c(N)ncnn23)O[C@]1(C#N)CO[P@@](=O)(N[C@@H](C)C(=O)O)Oc1ccccc1. The van der Waals surface area contributed by atoms with Crippen molar-refractivity contribution in [1.82, 2.24) is 19.7 Å². The predicted octanol–water partition coefficient (Wildman–Crippen LogP) is 1.59. The largest absolute Gasteiger partial charge is 0.480 e. The van der Waals surface area contributed by atoms with Gasteiger partial charge in [-0.2, -0.15) is 15.4 Å². The van der Waals surface area contributed by atoms with E-state index in [4.69, 9.17) is 24.3 Å². The maximum absolute atomic E-state index is 13.7. The first-order chi connectivity index (χ1) is 19.0. The fourth-order valence-electron chi connectivity index (χ4n) is 4.03. The van der Waals surface area contributed by atoms with E-state index in [0.717, 1.165) is 0 Å². The molecule has 0 saturated carbocycles. The van der Waals surface area contributed by atoms with Gasteiger partial charge < -0.3 is 29.9 Å². The van der Waals surface area contributed by atoms with Crippen LogP contribution in [0.3, 0.4) is 0 Å². The minimum absolute atomic E-state index is 0.0815. The van der Waals surface area contributed by atoms with E-state index < -0.39 is 56.2 Å². The number of fused-ring (bicyclic) bond motifs is 1. The van der Waals surface area contributed by atoms with E-state index in [0.29, 0.717) is 5.52 Å². The van der Waals surface area contributed by atoms with Crippen LogP contribution in [0, 0.1) is 11.3 Å². The number of hydrogen-bond donors (Lipinski definition) is 4. The Bertz CT molecular complexity index is 1480. The van der Waals surface area contributed by atoms with Crippen LogP contribution < -0.4 is 15.3 Å². The zero-order valence-corrected chi connectivity index (χ0v) is 22.3. The Morgan fingerprint density at radius 2 is 2.05 bits per heavy atom. The number of carbonyl (C=O) groups excluding carboxylic acids is 1. The number of rotatable bonds is 11. The lowest BCUT2D eigenvalue weighted by Gasteiger charge is -2.29. The predicted molar refractivity (Wildman–Crippen MR) is 137 cm³/mol. The van der Waals surface area contributed by atoms with Crippen molar-refractivity contribution in [2.24, 2.45) is 0 Å². The lowest BCUT2D eigenvalue weighted by atomic mass is 9.96. The molecule has 0 radical (unpaired) electrons. The van der Waals surface area contributed by atoms with Crippen LogP contribution in [0.5, 0.6) is 5.75 Å². The van der Waals surface area contributed by atoms with Crippen LogP contribution in [0.25, 0.3) is 5.52 Å². The molecule has 1 aliphatic rings. The van der Waals surface area contributed by atoms with Crippen LogP contribution in [-0.2, 0) is 28.2 Å². The van der Waals surface area contributed by atoms with Gasteiger partial charge in [0, 0.05) is 6.42 Å². The molecular formula is C24H27N6O9P. The number of esters is 1. The van der Waals surface area contributed by atoms with Gasteiger partial charge in [-0.1, -0.05) is 25.1 Å². The number of aliphatic carboxylic acids is 1. The van der Waals surface area contributed by atoms with Crippen molar-refractivity contribution in [3.05, 3.63) is 54.5 Å². The summed E-state index contributed by atoms with van der Waals surface area (Å²) in [5, 5.41) is 37.3. The van der Waals surface area contributed by atoms with Gasteiger partial charge in [0.25, 0.3) is 0 Å². The number of ether oxygens (including phenoxy) is 2. The van der Waals surface area contributed by atoms with Crippen LogP contribution in [0.15, 0.2) is 48.8 Å². The summed E-state index contributed by atoms with van der Waals surface area (Å²) >= 11 is 0. The second-order valence-electron chi connectivity index (χ2n) is 8.86. The van der Waals surface area contributed by atoms with E-state index in [1.54, 1.807) is 30.3 Å². The molecule has 1 aromatic carbocycles. The van der Waals surface area contributed by atoms with Crippen LogP contribution in [-0.4, -0.2) is 67.2 Å². The molecule has 1 fully saturated rings. The maximum Gasteiger partial charge on any atom is 0.459 e. The quantitative estimate of drug-likeness (QED) is 0.189. The number of nitriles is 1. The molecule has 2 aromatic heterocycles. The average Bonchev–Trinajstić information content (AvgIpc) is 3.48. The van der Waals surface area contributed by atoms with E-state index in [1.807, 2.05) is 6.07 Å². The first-order valence-electron chi connectivity index (χ1n) is 12.1. The molecule has 4 rings (SSSR count). The molecule has 16 heteroatoms. The Morgan fingerprint density at radius 1 is 1.32 bits per heavy atom. The summed E-state index contributed by atoms with van der Waals surface area (Å²) in [5.74, 6) is -1.87. The first kappa shape index (κ1) is 28.9. The first-order valence-corrected chi connectivity index (χ1v) is 13.6. The van der Waals surface area contributed by atoms with Gasteiger partial charge >= 0.3 is 19.7 Å². The molecule has 0 aliphatic carbocycles. The molecule has 1 aliphatic heterocycles. The minimum Gasteiger partial charge on any atom is -0.480 e. The third-order valence-corrected chi connectivity index (χ3v) is 7.72. The number of nitrogens with zero attached hydrogens (tertiary/aromatic N) is 4. The van der Waals surface area contributed by atoms with Gasteiger partial charge in [0.05, 0.1) is 5.69 Å². The van der Waals surface area contributed by atoms with Gasteiger partial charge in [0.1, 0.15) is 48.5 Å². The van der Waals surface area contributed by atoms with Gasteiger partial charge in [-0.05, 0) is 31.2 Å². The van der Waals surface area contributed by atoms with Crippen LogP contribution in [0.4, 0.5) is 5.82 Å². The van der Waals surface area contributed by atoms with Gasteiger partial charge in [0.15, 0.2) is 11.9 Å². The second kappa shape index (κ2) is 11.6. The van der Waals surface area contributed by atoms with Crippen molar-refractivity contribution in [3.8, 4) is 11.8 Å². The average molecular weight is 574 g/mol. The van der Waals surface area contributed by atoms with Gasteiger partial charge in [-0.25, -0.2) is 14.1 Å². The highest BCUT2D eigenvalue weighted by Crippen LogP contribution is 2.49. The molecular weight excluding hydrogens is 547 g/mol. The lowest BCUT2D eigenvalue weighted by molar-refractivity contribution is -0.160. The zero-order chi connectivity index (χ0) is 29.1. The van der Waals surface area contributed by atoms with Crippen molar-refractivity contribution < 1.29 is 42.9 Å². The molecule has 0 unspecified atom stereocenters. The highest BCUT2D eigenvalue weighted by Gasteiger charge is 2.60. The van der Waals surface area contributed by atoms with Gasteiger partial charge in [0.2, 0.25) is 5.60 Å². The monoisotopic (exact) mass is 574 g/mol. The Hall–Kier alpha value is -4.06. The number of aromatic nitrogens is 3. The van der Waals surface area contributed by atoms with Crippen molar-refractivity contribution >= 4 is 31.0 Å². The molecule has 3 heterocycles. The molecule has 0 bridgehead atoms. The number of para-hydroxylation sites is 1. The Kier molecular flexibility index (Phi) is 8.38. The topological polar surface area (TPSA) is 221 Å². The fourth-order valence-corrected chi connectivity index (χ4v) is 5.56. The molecule has 212 valence electrons. The number of carbonyl (C=O) groups is 2. The summed E-state index contributed by atoms with van der Waals surface area (Å²) in [6, 6.07) is 11.4. The number of carboxylic acids is 1. The highest BCUT2D eigenvalue weighted by molar-refractivity contribution is 7.52. The van der Waals surface area contributed by atoms with Crippen molar-refractivity contribution in [2.75, 3.05) is 12.3 Å². The maximum atomic E-state index is 13.7. The number of hydrogen-bond acceptors (Lipinski definition) is 12. The second-order valence-corrected chi connectivity index (χ2v) is 10.6. The summed E-state index contributed by atoms with van der Waals surface area (Å²) in [4.78, 5) is 27.7. The minimum atomic E-state index is -4.50. The molecule has 0 spiro atoms. The summed E-state index contributed by atoms with van der Waals surface area (Å²) in [6.45, 7) is 1.88. The number of nitrogen functional groups attached to an aromatic ring is 1. The molecule has 3 aromatic rings. The summed E-state index contributed by atoms with van der Waals surface area (Å²) in [7, 11) is -4.50. The van der Waals surface area contributed by atoms with E-state index in [-0.39, 0.29) is 23.7 Å². The third-order valence-electron chi connectivity index (χ3n) is 6.10. The number of carboxylic acid groups (broad SMARTS) is 1. The smallest absolute Gasteiger partial charge is 0.459 e. The zero-order valence-electron chi connectivity index (χ0n) is 21.4. The number of aliphatic hydroxyl groups is 1. The molecule has 0 amide bonds. The van der Waals surface area contributed by atoms with Crippen molar-refractivity contribution in [3.63, 3.8) is 0 Å². The highest BCUT2D eigenvalue weighted by atomic mass is 31.2. The summed E-state index contributed by atoms with van der Waals surface area (Å²) in [6.07, 6.45) is -3.39. The van der Waals surface area contributed by atoms with E-state index in [9.17, 15) is 29.6 Å². The standard InChI is InChI=1S/C24H27N6O9P/c1-3-18(31)37-21-19(32)20(16-9-10-17-22(26)27-13-28-30(16)17)38-24(21,11-25)12-36-40(35,29-14(2)23(33)34)39-15-7-5-4-6-8-15/h4-10,13-14,19-21,32H,3,12H2,1-2H3,(H,29,35)(H,33,34)(H2,26,27,28)/t14-,19-,20-,21-,24+,40-/m0/s1. The number of nitrogens with two attached hydrogens (primary N) is 1. The normalized spacial score (nSPS) is 24.6. The van der Waals surface area contributed by atoms with E-state index in [1.165, 1.54) is 36.8 Å². The number of anilines is 1. The van der Waals surface area contributed by atoms with Crippen LogP contribution in [0.1, 0.15) is 32.1 Å². The molecule has 5 N–H and O–H groups in total. The lowest BCUT2D eigenvalue weighted by Crippen LogP contribution is -2.48. The summed E-state index contributed by atoms with van der Waals surface area (Å²) < 4.78 is 37.5. The van der Waals surface area contributed by atoms with E-state index >= 15 is 0 Å². The van der Waals surface area contributed by atoms with Crippen LogP contribution in [0.2, 0.25) is 0 Å². The van der Waals surface area contributed by atoms with Gasteiger partial charge in [-0.3, -0.25) is 14.1 Å². The van der Waals surface area contributed by atoms with Crippen LogP contribution >= 0.6 is 7.75 Å². The van der Waals surface area contributed by atoms with E-state index in [2.05, 4.69) is 15.2 Å². The number of nitrogens with one attached hydrogen (secondary N) is 1. The molecule has 15 nitrogen and oxygen atoms in total. The van der Waals surface area contributed by atoms with Gasteiger partial charge in [-0.15, -0.1) is 0 Å². The fraction of sp³-hybridized carbons (Fsp3) is 0.375. The number of aliphatic hydroxyl groups excluding tert-OH is 1. The summed E-state index contributed by atoms with van der Waals surface area (Å²) in [5.41, 5.74) is 4.35. The Balaban J connectivity index is 1.69. The molecule has 40 heavy (non-hydrogen) atoms. The third kappa shape index (κ3) is 5.76. The Morgan fingerprint density at radius 3 is 2.70 bits per heavy atom. The number of benzene rings is 1. The van der Waals surface area contributed by atoms with Crippen molar-refractivity contribution in [1.29, 1.82) is 5.26 Å². The Labute approximate surface area is 228 Å². The molecule has 1 saturated heterocycles.